The lowest BCUT2D eigenvalue weighted by molar-refractivity contribution is 0.0917. The van der Waals surface area contributed by atoms with Crippen LogP contribution >= 0.6 is 0 Å². The van der Waals surface area contributed by atoms with Gasteiger partial charge in [-0.2, -0.15) is 0 Å². The molecule has 1 fully saturated rings. The summed E-state index contributed by atoms with van der Waals surface area (Å²) in [6.45, 7) is 2.78. The van der Waals surface area contributed by atoms with E-state index in [0.29, 0.717) is 6.04 Å². The van der Waals surface area contributed by atoms with Crippen LogP contribution in [0.15, 0.2) is 36.4 Å². The summed E-state index contributed by atoms with van der Waals surface area (Å²) in [5.41, 5.74) is 6.48. The van der Waals surface area contributed by atoms with Gasteiger partial charge in [0.25, 0.3) is 5.91 Å². The lowest BCUT2D eigenvalue weighted by atomic mass is 9.93. The van der Waals surface area contributed by atoms with Gasteiger partial charge in [-0.05, 0) is 85.9 Å². The predicted octanol–water partition coefficient (Wildman–Crippen LogP) is 4.04. The first-order valence-corrected chi connectivity index (χ1v) is 10.7. The van der Waals surface area contributed by atoms with E-state index in [1.807, 2.05) is 23.1 Å². The van der Waals surface area contributed by atoms with Gasteiger partial charge in [0.05, 0.1) is 6.04 Å². The summed E-state index contributed by atoms with van der Waals surface area (Å²) in [6.07, 6.45) is 6.05. The molecule has 0 spiro atoms. The summed E-state index contributed by atoms with van der Waals surface area (Å²) < 4.78 is 0. The van der Waals surface area contributed by atoms with Gasteiger partial charge in [-0.25, -0.2) is 4.79 Å². The minimum Gasteiger partial charge on any atom is -0.349 e. The van der Waals surface area contributed by atoms with Gasteiger partial charge in [-0.15, -0.1) is 0 Å². The highest BCUT2D eigenvalue weighted by molar-refractivity contribution is 5.95. The molecule has 0 aromatic heterocycles. The van der Waals surface area contributed by atoms with Crippen LogP contribution in [0.3, 0.4) is 0 Å². The molecule has 0 unspecified atom stereocenters. The number of nitrogens with one attached hydrogen (secondary N) is 2. The number of carbonyl (C=O) groups excluding carboxylic acids is 2. The number of amides is 3. The molecule has 5 nitrogen and oxygen atoms in total. The van der Waals surface area contributed by atoms with Gasteiger partial charge in [0, 0.05) is 23.8 Å². The number of aryl methyl sites for hydroxylation is 2. The average Bonchev–Trinajstić information content (AvgIpc) is 3.28. The standard InChI is InChI=1S/C24H27N3O2/c1-15-5-6-16-11-12-27(22(16)13-15)24(29)26-21-10-8-17-14-18(7-9-20(17)21)23(28)25-19-3-2-4-19/h5-7,9,13-14,19,21H,2-4,8,10-12H2,1H3,(H,25,28)(H,26,29)/t21-/m1/s1. The Labute approximate surface area is 171 Å². The first kappa shape index (κ1) is 18.2. The summed E-state index contributed by atoms with van der Waals surface area (Å²) in [7, 11) is 0. The summed E-state index contributed by atoms with van der Waals surface area (Å²) in [6, 6.07) is 12.6. The lowest BCUT2D eigenvalue weighted by Gasteiger charge is -2.26. The van der Waals surface area contributed by atoms with Crippen molar-refractivity contribution >= 4 is 17.6 Å². The summed E-state index contributed by atoms with van der Waals surface area (Å²) >= 11 is 0. The van der Waals surface area contributed by atoms with E-state index >= 15 is 0 Å². The highest BCUT2D eigenvalue weighted by Gasteiger charge is 2.30. The van der Waals surface area contributed by atoms with Crippen molar-refractivity contribution in [1.82, 2.24) is 10.6 Å². The van der Waals surface area contributed by atoms with Crippen LogP contribution in [0.5, 0.6) is 0 Å². The summed E-state index contributed by atoms with van der Waals surface area (Å²) in [5.74, 6) is 0.0222. The normalized spacial score (nSPS) is 20.0. The zero-order valence-corrected chi connectivity index (χ0v) is 16.8. The highest BCUT2D eigenvalue weighted by Crippen LogP contribution is 2.34. The third-order valence-corrected chi connectivity index (χ3v) is 6.60. The SMILES string of the molecule is Cc1ccc2c(c1)N(C(=O)N[C@@H]1CCc3cc(C(=O)NC4CCC4)ccc31)CC2. The van der Waals surface area contributed by atoms with Crippen molar-refractivity contribution in [1.29, 1.82) is 0 Å². The number of hydrogen-bond acceptors (Lipinski definition) is 2. The fourth-order valence-electron chi connectivity index (χ4n) is 4.66. The maximum Gasteiger partial charge on any atom is 0.322 e. The van der Waals surface area contributed by atoms with Gasteiger partial charge in [0.1, 0.15) is 0 Å². The molecule has 29 heavy (non-hydrogen) atoms. The van der Waals surface area contributed by atoms with Gasteiger partial charge < -0.3 is 10.6 Å². The number of urea groups is 1. The second-order valence-electron chi connectivity index (χ2n) is 8.59. The summed E-state index contributed by atoms with van der Waals surface area (Å²) in [5, 5.41) is 6.33. The average molecular weight is 389 g/mol. The molecule has 1 aliphatic heterocycles. The molecule has 0 saturated heterocycles. The Balaban J connectivity index is 1.28. The Kier molecular flexibility index (Phi) is 4.53. The zero-order chi connectivity index (χ0) is 20.0. The number of anilines is 1. The van der Waals surface area contributed by atoms with E-state index in [4.69, 9.17) is 0 Å². The Hall–Kier alpha value is -2.82. The highest BCUT2D eigenvalue weighted by atomic mass is 16.2. The van der Waals surface area contributed by atoms with Crippen molar-refractivity contribution in [3.8, 4) is 0 Å². The topological polar surface area (TPSA) is 61.4 Å². The van der Waals surface area contributed by atoms with E-state index in [9.17, 15) is 9.59 Å². The molecule has 2 aliphatic carbocycles. The largest absolute Gasteiger partial charge is 0.349 e. The number of nitrogens with zero attached hydrogens (tertiary/aromatic N) is 1. The smallest absolute Gasteiger partial charge is 0.322 e. The monoisotopic (exact) mass is 389 g/mol. The van der Waals surface area contributed by atoms with Crippen LogP contribution in [0.4, 0.5) is 10.5 Å². The molecular weight excluding hydrogens is 362 g/mol. The fraction of sp³-hybridized carbons (Fsp3) is 0.417. The molecule has 150 valence electrons. The Morgan fingerprint density at radius 1 is 0.966 bits per heavy atom. The van der Waals surface area contributed by atoms with E-state index in [-0.39, 0.29) is 18.0 Å². The van der Waals surface area contributed by atoms with Crippen LogP contribution in [0, 0.1) is 6.92 Å². The van der Waals surface area contributed by atoms with Gasteiger partial charge in [-0.3, -0.25) is 9.69 Å². The van der Waals surface area contributed by atoms with Gasteiger partial charge in [0.15, 0.2) is 0 Å². The number of fused-ring (bicyclic) bond motifs is 2. The second-order valence-corrected chi connectivity index (χ2v) is 8.59. The van der Waals surface area contributed by atoms with Crippen molar-refractivity contribution < 1.29 is 9.59 Å². The maximum atomic E-state index is 13.0. The molecule has 2 aromatic carbocycles. The van der Waals surface area contributed by atoms with Crippen molar-refractivity contribution in [2.24, 2.45) is 0 Å². The zero-order valence-electron chi connectivity index (χ0n) is 16.8. The van der Waals surface area contributed by atoms with Crippen LogP contribution in [0.1, 0.15) is 64.3 Å². The predicted molar refractivity (Wildman–Crippen MR) is 113 cm³/mol. The molecule has 5 rings (SSSR count). The van der Waals surface area contributed by atoms with Gasteiger partial charge in [-0.1, -0.05) is 18.2 Å². The third kappa shape index (κ3) is 3.39. The van der Waals surface area contributed by atoms with Crippen LogP contribution < -0.4 is 15.5 Å². The van der Waals surface area contributed by atoms with E-state index in [0.717, 1.165) is 55.5 Å². The number of carbonyl (C=O) groups is 2. The van der Waals surface area contributed by atoms with E-state index < -0.39 is 0 Å². The number of benzene rings is 2. The maximum absolute atomic E-state index is 13.0. The van der Waals surface area contributed by atoms with Crippen LogP contribution in [-0.4, -0.2) is 24.5 Å². The third-order valence-electron chi connectivity index (χ3n) is 6.60. The Bertz CT molecular complexity index is 980. The minimum atomic E-state index is -0.0287. The molecule has 2 aromatic rings. The number of hydrogen-bond donors (Lipinski definition) is 2. The number of rotatable bonds is 3. The van der Waals surface area contributed by atoms with Crippen molar-refractivity contribution in [3.63, 3.8) is 0 Å². The van der Waals surface area contributed by atoms with Crippen molar-refractivity contribution in [3.05, 3.63) is 64.2 Å². The molecule has 3 amide bonds. The molecule has 3 aliphatic rings. The van der Waals surface area contributed by atoms with Gasteiger partial charge >= 0.3 is 6.03 Å². The molecule has 5 heteroatoms. The quantitative estimate of drug-likeness (QED) is 0.832. The van der Waals surface area contributed by atoms with Crippen molar-refractivity contribution in [2.75, 3.05) is 11.4 Å². The van der Waals surface area contributed by atoms with Crippen LogP contribution in [0.25, 0.3) is 0 Å². The fourth-order valence-corrected chi connectivity index (χ4v) is 4.66. The molecule has 2 N–H and O–H groups in total. The van der Waals surface area contributed by atoms with Gasteiger partial charge in [0.2, 0.25) is 0 Å². The van der Waals surface area contributed by atoms with E-state index in [1.165, 1.54) is 23.1 Å². The lowest BCUT2D eigenvalue weighted by Crippen LogP contribution is -2.40. The Morgan fingerprint density at radius 2 is 1.83 bits per heavy atom. The van der Waals surface area contributed by atoms with Crippen molar-refractivity contribution in [2.45, 2.75) is 57.5 Å². The first-order chi connectivity index (χ1) is 14.1. The molecule has 1 atom stereocenters. The Morgan fingerprint density at radius 3 is 2.62 bits per heavy atom. The molecular formula is C24H27N3O2. The molecule has 1 saturated carbocycles. The first-order valence-electron chi connectivity index (χ1n) is 10.7. The van der Waals surface area contributed by atoms with E-state index in [1.54, 1.807) is 0 Å². The second kappa shape index (κ2) is 7.21. The van der Waals surface area contributed by atoms with Crippen LogP contribution in [0.2, 0.25) is 0 Å². The molecule has 0 radical (unpaired) electrons. The molecule has 1 heterocycles. The van der Waals surface area contributed by atoms with E-state index in [2.05, 4.69) is 35.8 Å². The van der Waals surface area contributed by atoms with Crippen LogP contribution in [-0.2, 0) is 12.8 Å². The minimum absolute atomic E-state index is 0.00935. The summed E-state index contributed by atoms with van der Waals surface area (Å²) in [4.78, 5) is 27.3. The molecule has 0 bridgehead atoms.